The number of rotatable bonds is 9. The van der Waals surface area contributed by atoms with Crippen molar-refractivity contribution in [1.29, 1.82) is 0 Å². The van der Waals surface area contributed by atoms with E-state index in [4.69, 9.17) is 50.0 Å². The zero-order valence-electron chi connectivity index (χ0n) is 17.0. The standard InChI is InChI=1S/C22H19Cl2NO5S2/c1-29-18-10-13(7-8-17(18)30-12-14-15(23)4-2-5-16(14)24)11-19-21(28)25(22(31)32-19)9-3-6-20(26)27/h2,4-5,7-8,10-11H,3,6,9,12H2,1H3,(H,26,27)/b19-11-. The van der Waals surface area contributed by atoms with Gasteiger partial charge in [0.2, 0.25) is 0 Å². The first-order valence-electron chi connectivity index (χ1n) is 9.51. The van der Waals surface area contributed by atoms with Gasteiger partial charge in [-0.3, -0.25) is 14.5 Å². The van der Waals surface area contributed by atoms with Gasteiger partial charge in [-0.1, -0.05) is 59.3 Å². The summed E-state index contributed by atoms with van der Waals surface area (Å²) in [5.74, 6) is -0.157. The maximum absolute atomic E-state index is 12.7. The number of carboxylic acids is 1. The molecule has 0 unspecified atom stereocenters. The van der Waals surface area contributed by atoms with E-state index in [1.807, 2.05) is 0 Å². The largest absolute Gasteiger partial charge is 0.493 e. The minimum Gasteiger partial charge on any atom is -0.493 e. The third kappa shape index (κ3) is 5.95. The van der Waals surface area contributed by atoms with Gasteiger partial charge >= 0.3 is 5.97 Å². The van der Waals surface area contributed by atoms with Gasteiger partial charge in [-0.25, -0.2) is 0 Å². The molecule has 0 spiro atoms. The zero-order chi connectivity index (χ0) is 23.3. The maximum Gasteiger partial charge on any atom is 0.303 e. The van der Waals surface area contributed by atoms with Crippen molar-refractivity contribution in [2.45, 2.75) is 19.4 Å². The lowest BCUT2D eigenvalue weighted by atomic mass is 10.1. The molecule has 2 aromatic rings. The van der Waals surface area contributed by atoms with Crippen LogP contribution < -0.4 is 9.47 Å². The SMILES string of the molecule is COc1cc(/C=C2\SC(=S)N(CCCC(=O)O)C2=O)ccc1OCc1c(Cl)cccc1Cl. The number of nitrogens with zero attached hydrogens (tertiary/aromatic N) is 1. The van der Waals surface area contributed by atoms with Gasteiger partial charge in [0.1, 0.15) is 10.9 Å². The van der Waals surface area contributed by atoms with Crippen LogP contribution >= 0.6 is 47.2 Å². The van der Waals surface area contributed by atoms with Crippen molar-refractivity contribution in [2.75, 3.05) is 13.7 Å². The second-order valence-electron chi connectivity index (χ2n) is 6.73. The number of hydrogen-bond donors (Lipinski definition) is 1. The molecule has 0 aliphatic carbocycles. The van der Waals surface area contributed by atoms with E-state index in [-0.39, 0.29) is 25.5 Å². The maximum atomic E-state index is 12.7. The van der Waals surface area contributed by atoms with Crippen molar-refractivity contribution < 1.29 is 24.2 Å². The molecule has 1 saturated heterocycles. The topological polar surface area (TPSA) is 76.1 Å². The Bertz CT molecular complexity index is 1070. The van der Waals surface area contributed by atoms with Crippen molar-refractivity contribution in [2.24, 2.45) is 0 Å². The number of hydrogen-bond acceptors (Lipinski definition) is 6. The fraction of sp³-hybridized carbons (Fsp3) is 0.227. The van der Waals surface area contributed by atoms with E-state index < -0.39 is 5.97 Å². The second kappa shape index (κ2) is 11.0. The van der Waals surface area contributed by atoms with Crippen molar-refractivity contribution >= 4 is 69.5 Å². The highest BCUT2D eigenvalue weighted by atomic mass is 35.5. The molecular formula is C22H19Cl2NO5S2. The Hall–Kier alpha value is -2.26. The van der Waals surface area contributed by atoms with Gasteiger partial charge in [-0.2, -0.15) is 0 Å². The van der Waals surface area contributed by atoms with Gasteiger partial charge in [-0.15, -0.1) is 0 Å². The highest BCUT2D eigenvalue weighted by molar-refractivity contribution is 8.26. The number of carbonyl (C=O) groups excluding carboxylic acids is 1. The highest BCUT2D eigenvalue weighted by Gasteiger charge is 2.31. The van der Waals surface area contributed by atoms with Crippen molar-refractivity contribution in [3.63, 3.8) is 0 Å². The van der Waals surface area contributed by atoms with Crippen LogP contribution in [-0.2, 0) is 16.2 Å². The Morgan fingerprint density at radius 2 is 1.94 bits per heavy atom. The Morgan fingerprint density at radius 3 is 2.59 bits per heavy atom. The van der Waals surface area contributed by atoms with Crippen molar-refractivity contribution in [3.05, 3.63) is 62.5 Å². The average molecular weight is 512 g/mol. The summed E-state index contributed by atoms with van der Waals surface area (Å²) in [4.78, 5) is 25.3. The van der Waals surface area contributed by atoms with E-state index in [1.54, 1.807) is 42.5 Å². The Morgan fingerprint density at radius 1 is 1.22 bits per heavy atom. The second-order valence-corrected chi connectivity index (χ2v) is 9.22. The molecule has 2 aromatic carbocycles. The number of halogens is 2. The predicted molar refractivity (Wildman–Crippen MR) is 131 cm³/mol. The molecule has 0 radical (unpaired) electrons. The van der Waals surface area contributed by atoms with E-state index in [1.165, 1.54) is 23.8 Å². The minimum atomic E-state index is -0.905. The number of benzene rings is 2. The lowest BCUT2D eigenvalue weighted by Crippen LogP contribution is -2.29. The van der Waals surface area contributed by atoms with Crippen LogP contribution in [0, 0.1) is 0 Å². The van der Waals surface area contributed by atoms with Crippen LogP contribution in [0.5, 0.6) is 11.5 Å². The molecule has 168 valence electrons. The number of aliphatic carboxylic acids is 1. The number of carbonyl (C=O) groups is 2. The summed E-state index contributed by atoms with van der Waals surface area (Å²) in [6.07, 6.45) is 2.03. The van der Waals surface area contributed by atoms with Gasteiger partial charge in [0, 0.05) is 28.6 Å². The third-order valence-corrected chi connectivity index (χ3v) is 6.65. The lowest BCUT2D eigenvalue weighted by molar-refractivity contribution is -0.137. The minimum absolute atomic E-state index is 0.0197. The summed E-state index contributed by atoms with van der Waals surface area (Å²) in [5.41, 5.74) is 1.41. The van der Waals surface area contributed by atoms with E-state index in [2.05, 4.69) is 0 Å². The molecule has 0 aromatic heterocycles. The summed E-state index contributed by atoms with van der Waals surface area (Å²) in [6, 6.07) is 10.5. The monoisotopic (exact) mass is 511 g/mol. The molecule has 0 atom stereocenters. The van der Waals surface area contributed by atoms with Crippen LogP contribution in [0.4, 0.5) is 0 Å². The summed E-state index contributed by atoms with van der Waals surface area (Å²) in [5, 5.41) is 9.80. The first-order chi connectivity index (χ1) is 15.3. The first-order valence-corrected chi connectivity index (χ1v) is 11.5. The van der Waals surface area contributed by atoms with Crippen molar-refractivity contribution in [1.82, 2.24) is 4.90 Å². The molecule has 6 nitrogen and oxygen atoms in total. The molecule has 1 heterocycles. The quantitative estimate of drug-likeness (QED) is 0.344. The molecule has 0 saturated carbocycles. The fourth-order valence-electron chi connectivity index (χ4n) is 2.95. The molecule has 1 amide bonds. The van der Waals surface area contributed by atoms with Crippen LogP contribution in [0.2, 0.25) is 10.0 Å². The van der Waals surface area contributed by atoms with Crippen LogP contribution in [0.15, 0.2) is 41.3 Å². The highest BCUT2D eigenvalue weighted by Crippen LogP contribution is 2.35. The number of thioether (sulfide) groups is 1. The molecular weight excluding hydrogens is 493 g/mol. The predicted octanol–water partition coefficient (Wildman–Crippen LogP) is 5.65. The number of amides is 1. The van der Waals surface area contributed by atoms with E-state index in [0.717, 1.165) is 5.56 Å². The molecule has 1 aliphatic heterocycles. The van der Waals surface area contributed by atoms with Crippen LogP contribution in [-0.4, -0.2) is 39.9 Å². The Labute approximate surface area is 205 Å². The molecule has 3 rings (SSSR count). The average Bonchev–Trinajstić information content (AvgIpc) is 3.01. The number of carboxylic acid groups (broad SMARTS) is 1. The lowest BCUT2D eigenvalue weighted by Gasteiger charge is -2.13. The number of ether oxygens (including phenoxy) is 2. The summed E-state index contributed by atoms with van der Waals surface area (Å²) in [7, 11) is 1.52. The fourth-order valence-corrected chi connectivity index (χ4v) is 4.76. The van der Waals surface area contributed by atoms with Gasteiger partial charge in [0.05, 0.1) is 12.0 Å². The van der Waals surface area contributed by atoms with Gasteiger partial charge in [0.25, 0.3) is 5.91 Å². The number of thiocarbonyl (C=S) groups is 1. The van der Waals surface area contributed by atoms with E-state index >= 15 is 0 Å². The smallest absolute Gasteiger partial charge is 0.303 e. The molecule has 1 fully saturated rings. The van der Waals surface area contributed by atoms with Gasteiger partial charge in [0.15, 0.2) is 11.5 Å². The molecule has 0 bridgehead atoms. The molecule has 10 heteroatoms. The molecule has 1 aliphatic rings. The van der Waals surface area contributed by atoms with Crippen LogP contribution in [0.3, 0.4) is 0 Å². The van der Waals surface area contributed by atoms with Crippen LogP contribution in [0.1, 0.15) is 24.0 Å². The van der Waals surface area contributed by atoms with Crippen LogP contribution in [0.25, 0.3) is 6.08 Å². The molecule has 32 heavy (non-hydrogen) atoms. The van der Waals surface area contributed by atoms with Gasteiger partial charge in [-0.05, 0) is 42.3 Å². The molecule has 1 N–H and O–H groups in total. The zero-order valence-corrected chi connectivity index (χ0v) is 20.1. The summed E-state index contributed by atoms with van der Waals surface area (Å²) in [6.45, 7) is 0.443. The Balaban J connectivity index is 1.73. The summed E-state index contributed by atoms with van der Waals surface area (Å²) >= 11 is 18.8. The Kier molecular flexibility index (Phi) is 8.42. The van der Waals surface area contributed by atoms with E-state index in [0.29, 0.717) is 42.8 Å². The number of methoxy groups -OCH3 is 1. The van der Waals surface area contributed by atoms with Gasteiger partial charge < -0.3 is 14.6 Å². The van der Waals surface area contributed by atoms with E-state index in [9.17, 15) is 9.59 Å². The summed E-state index contributed by atoms with van der Waals surface area (Å²) < 4.78 is 11.7. The normalized spacial score (nSPS) is 14.8. The van der Waals surface area contributed by atoms with Crippen molar-refractivity contribution in [3.8, 4) is 11.5 Å². The first kappa shape index (κ1) is 24.4. The third-order valence-electron chi connectivity index (χ3n) is 4.57.